The maximum atomic E-state index is 11.7. The van der Waals surface area contributed by atoms with Crippen LogP contribution in [-0.4, -0.2) is 28.0 Å². The van der Waals surface area contributed by atoms with E-state index in [-0.39, 0.29) is 11.6 Å². The average molecular weight is 329 g/mol. The van der Waals surface area contributed by atoms with Crippen molar-refractivity contribution in [2.24, 2.45) is 17.6 Å². The number of thiocarbonyl (C=S) groups is 1. The highest BCUT2D eigenvalue weighted by Gasteiger charge is 2.47. The van der Waals surface area contributed by atoms with Crippen LogP contribution < -0.4 is 16.6 Å². The highest BCUT2D eigenvalue weighted by Crippen LogP contribution is 2.32. The van der Waals surface area contributed by atoms with Crippen molar-refractivity contribution in [1.82, 2.24) is 10.9 Å². The van der Waals surface area contributed by atoms with Crippen LogP contribution in [0, 0.1) is 11.8 Å². The van der Waals surface area contributed by atoms with Crippen molar-refractivity contribution in [2.75, 3.05) is 0 Å². The zero-order chi connectivity index (χ0) is 16.2. The first-order chi connectivity index (χ1) is 10.4. The normalized spacial score (nSPS) is 26.8. The quantitative estimate of drug-likeness (QED) is 0.526. The average Bonchev–Trinajstić information content (AvgIpc) is 2.92. The van der Waals surface area contributed by atoms with E-state index in [1.165, 1.54) is 32.1 Å². The van der Waals surface area contributed by atoms with Crippen LogP contribution in [-0.2, 0) is 9.53 Å². The molecule has 126 valence electrons. The zero-order valence-corrected chi connectivity index (χ0v) is 14.0. The lowest BCUT2D eigenvalue weighted by Crippen LogP contribution is -2.58. The molecule has 1 amide bonds. The summed E-state index contributed by atoms with van der Waals surface area (Å²) < 4.78 is 5.23. The van der Waals surface area contributed by atoms with Gasteiger partial charge < -0.3 is 15.6 Å². The molecule has 0 aromatic rings. The lowest BCUT2D eigenvalue weighted by atomic mass is 9.80. The van der Waals surface area contributed by atoms with Gasteiger partial charge in [-0.2, -0.15) is 5.43 Å². The second-order valence-corrected chi connectivity index (χ2v) is 7.10. The summed E-state index contributed by atoms with van der Waals surface area (Å²) in [6.45, 7) is 2.17. The van der Waals surface area contributed by atoms with Crippen LogP contribution >= 0.6 is 12.2 Å². The molecule has 22 heavy (non-hydrogen) atoms. The van der Waals surface area contributed by atoms with Crippen molar-refractivity contribution in [3.63, 3.8) is 0 Å². The van der Waals surface area contributed by atoms with Gasteiger partial charge in [-0.3, -0.25) is 10.2 Å². The lowest BCUT2D eigenvalue weighted by Gasteiger charge is -2.31. The van der Waals surface area contributed by atoms with Gasteiger partial charge in [0.2, 0.25) is 6.23 Å². The van der Waals surface area contributed by atoms with E-state index in [1.54, 1.807) is 0 Å². The zero-order valence-electron chi connectivity index (χ0n) is 13.1. The Bertz CT molecular complexity index is 415. The first-order valence-corrected chi connectivity index (χ1v) is 8.57. The van der Waals surface area contributed by atoms with Crippen LogP contribution in [0.15, 0.2) is 0 Å². The fourth-order valence-corrected chi connectivity index (χ4v) is 3.62. The van der Waals surface area contributed by atoms with Crippen molar-refractivity contribution >= 4 is 23.3 Å². The fourth-order valence-electron chi connectivity index (χ4n) is 3.47. The Morgan fingerprint density at radius 1 is 1.50 bits per heavy atom. The largest absolute Gasteiger partial charge is 0.446 e. The van der Waals surface area contributed by atoms with Gasteiger partial charge in [-0.25, -0.2) is 0 Å². The molecule has 3 atom stereocenters. The molecule has 2 rings (SSSR count). The Hall–Kier alpha value is -0.920. The van der Waals surface area contributed by atoms with Crippen LogP contribution in [0.5, 0.6) is 0 Å². The molecule has 1 saturated heterocycles. The smallest absolute Gasteiger partial charge is 0.273 e. The van der Waals surface area contributed by atoms with Gasteiger partial charge in [0, 0.05) is 0 Å². The third-order valence-corrected chi connectivity index (χ3v) is 5.07. The molecule has 5 N–H and O–H groups in total. The van der Waals surface area contributed by atoms with Gasteiger partial charge in [0.15, 0.2) is 5.60 Å². The predicted molar refractivity (Wildman–Crippen MR) is 87.5 cm³/mol. The molecule has 7 heteroatoms. The van der Waals surface area contributed by atoms with Gasteiger partial charge in [-0.1, -0.05) is 39.0 Å². The summed E-state index contributed by atoms with van der Waals surface area (Å²) in [7, 11) is 0. The summed E-state index contributed by atoms with van der Waals surface area (Å²) in [6, 6.07) is 0. The molecule has 0 bridgehead atoms. The van der Waals surface area contributed by atoms with Gasteiger partial charge in [0.1, 0.15) is 0 Å². The molecule has 0 aromatic heterocycles. The number of rotatable bonds is 7. The SMILES string of the molecule is CC(CCC(O)(C(N)=O)C1NNC(=S)O1)CC1CCCCC1. The van der Waals surface area contributed by atoms with Crippen molar-refractivity contribution in [3.05, 3.63) is 0 Å². The second kappa shape index (κ2) is 7.57. The molecule has 2 aliphatic rings. The number of amides is 1. The van der Waals surface area contributed by atoms with Crippen molar-refractivity contribution in [3.8, 4) is 0 Å². The lowest BCUT2D eigenvalue weighted by molar-refractivity contribution is -0.150. The summed E-state index contributed by atoms with van der Waals surface area (Å²) in [5.41, 5.74) is 8.88. The number of carbonyl (C=O) groups excluding carboxylic acids is 1. The number of carbonyl (C=O) groups is 1. The van der Waals surface area contributed by atoms with E-state index >= 15 is 0 Å². The Kier molecular flexibility index (Phi) is 6.00. The molecule has 1 heterocycles. The Morgan fingerprint density at radius 3 is 2.73 bits per heavy atom. The molecule has 6 nitrogen and oxygen atoms in total. The van der Waals surface area contributed by atoms with Gasteiger partial charge in [0.25, 0.3) is 11.1 Å². The maximum Gasteiger partial charge on any atom is 0.273 e. The van der Waals surface area contributed by atoms with E-state index in [4.69, 9.17) is 22.7 Å². The molecule has 0 aromatic carbocycles. The summed E-state index contributed by atoms with van der Waals surface area (Å²) >= 11 is 4.84. The van der Waals surface area contributed by atoms with E-state index in [9.17, 15) is 9.90 Å². The molecule has 3 unspecified atom stereocenters. The summed E-state index contributed by atoms with van der Waals surface area (Å²) in [5.74, 6) is 0.428. The molecular weight excluding hydrogens is 302 g/mol. The Labute approximate surface area is 137 Å². The molecule has 1 aliphatic carbocycles. The molecular formula is C15H27N3O3S. The van der Waals surface area contributed by atoms with E-state index in [0.717, 1.165) is 18.8 Å². The van der Waals surface area contributed by atoms with Gasteiger partial charge in [0.05, 0.1) is 0 Å². The minimum atomic E-state index is -1.76. The van der Waals surface area contributed by atoms with E-state index < -0.39 is 17.7 Å². The van der Waals surface area contributed by atoms with Crippen LogP contribution in [0.4, 0.5) is 0 Å². The number of primary amides is 1. The highest BCUT2D eigenvalue weighted by molar-refractivity contribution is 7.80. The standard InChI is InChI=1S/C15H27N3O3S/c1-10(9-11-5-3-2-4-6-11)7-8-15(20,12(16)19)13-17-18-14(22)21-13/h10-11,13,17,20H,2-9H2,1H3,(H2,16,19)(H,18,22). The highest BCUT2D eigenvalue weighted by atomic mass is 32.1. The molecule has 2 fully saturated rings. The van der Waals surface area contributed by atoms with Gasteiger partial charge in [-0.05, 0) is 43.3 Å². The van der Waals surface area contributed by atoms with Crippen LogP contribution in [0.1, 0.15) is 58.3 Å². The van der Waals surface area contributed by atoms with Gasteiger partial charge >= 0.3 is 0 Å². The van der Waals surface area contributed by atoms with E-state index in [0.29, 0.717) is 5.92 Å². The number of nitrogens with two attached hydrogens (primary N) is 1. The predicted octanol–water partition coefficient (Wildman–Crippen LogP) is 1.32. The van der Waals surface area contributed by atoms with Crippen molar-refractivity contribution < 1.29 is 14.6 Å². The molecule has 1 aliphatic heterocycles. The fraction of sp³-hybridized carbons (Fsp3) is 0.867. The first-order valence-electron chi connectivity index (χ1n) is 8.16. The van der Waals surface area contributed by atoms with Crippen molar-refractivity contribution in [2.45, 2.75) is 70.1 Å². The number of hydrogen-bond donors (Lipinski definition) is 4. The molecule has 0 radical (unpaired) electrons. The Balaban J connectivity index is 1.85. The van der Waals surface area contributed by atoms with E-state index in [2.05, 4.69) is 17.8 Å². The minimum Gasteiger partial charge on any atom is -0.446 e. The number of nitrogens with one attached hydrogen (secondary N) is 2. The van der Waals surface area contributed by atoms with Crippen molar-refractivity contribution in [1.29, 1.82) is 0 Å². The topological polar surface area (TPSA) is 96.6 Å². The third kappa shape index (κ3) is 4.30. The maximum absolute atomic E-state index is 11.7. The first kappa shape index (κ1) is 17.4. The summed E-state index contributed by atoms with van der Waals surface area (Å²) in [4.78, 5) is 11.7. The number of aliphatic hydroxyl groups is 1. The van der Waals surface area contributed by atoms with Crippen LogP contribution in [0.3, 0.4) is 0 Å². The Morgan fingerprint density at radius 2 is 2.18 bits per heavy atom. The molecule has 1 saturated carbocycles. The number of hydrogen-bond acceptors (Lipinski definition) is 5. The van der Waals surface area contributed by atoms with Crippen LogP contribution in [0.25, 0.3) is 0 Å². The van der Waals surface area contributed by atoms with E-state index in [1.807, 2.05) is 0 Å². The molecule has 0 spiro atoms. The number of ether oxygens (including phenoxy) is 1. The van der Waals surface area contributed by atoms with Crippen LogP contribution in [0.2, 0.25) is 0 Å². The summed E-state index contributed by atoms with van der Waals surface area (Å²) in [5, 5.41) is 10.7. The van der Waals surface area contributed by atoms with Gasteiger partial charge in [-0.15, -0.1) is 0 Å². The summed E-state index contributed by atoms with van der Waals surface area (Å²) in [6.07, 6.45) is 7.80. The third-order valence-electron chi connectivity index (χ3n) is 4.87. The minimum absolute atomic E-state index is 0.111. The monoisotopic (exact) mass is 329 g/mol. The second-order valence-electron chi connectivity index (χ2n) is 6.73. The number of hydrazine groups is 1.